The number of aryl methyl sites for hydroxylation is 1. The fraction of sp³-hybridized carbons (Fsp3) is 0.111. The highest BCUT2D eigenvalue weighted by atomic mass is 16.4. The van der Waals surface area contributed by atoms with Gasteiger partial charge in [0, 0.05) is 25.5 Å². The maximum Gasteiger partial charge on any atom is 0.512 e. The molecule has 0 saturated carbocycles. The molecule has 0 unspecified atom stereocenters. The van der Waals surface area contributed by atoms with Gasteiger partial charge in [-0.3, -0.25) is 4.79 Å². The molecule has 0 spiro atoms. The van der Waals surface area contributed by atoms with E-state index >= 15 is 0 Å². The molecule has 2 rings (SSSR count). The predicted octanol–water partition coefficient (Wildman–Crippen LogP) is -2.01. The second-order valence-corrected chi connectivity index (χ2v) is 3.48. The van der Waals surface area contributed by atoms with E-state index in [0.717, 1.165) is 4.68 Å². The van der Waals surface area contributed by atoms with Gasteiger partial charge in [0.15, 0.2) is 0 Å². The Labute approximate surface area is 102 Å². The zero-order chi connectivity index (χ0) is 13.1. The van der Waals surface area contributed by atoms with Gasteiger partial charge in [-0.05, 0) is 6.07 Å². The van der Waals surface area contributed by atoms with Gasteiger partial charge in [-0.15, -0.1) is 0 Å². The number of nitrogens with one attached hydrogen (secondary N) is 1. The highest BCUT2D eigenvalue weighted by Crippen LogP contribution is 2.06. The number of nitrogens with zero attached hydrogens (tertiary/aromatic N) is 4. The van der Waals surface area contributed by atoms with Crippen molar-refractivity contribution in [2.24, 2.45) is 7.05 Å². The Balaban J connectivity index is 2.43. The van der Waals surface area contributed by atoms with Crippen molar-refractivity contribution in [2.45, 2.75) is 0 Å². The third kappa shape index (κ3) is 2.52. The van der Waals surface area contributed by atoms with Crippen LogP contribution in [-0.2, 0) is 7.05 Å². The summed E-state index contributed by atoms with van der Waals surface area (Å²) >= 11 is 0. The smallest absolute Gasteiger partial charge is 0.422 e. The minimum Gasteiger partial charge on any atom is -0.422 e. The van der Waals surface area contributed by atoms with Crippen molar-refractivity contribution in [3.63, 3.8) is 0 Å². The van der Waals surface area contributed by atoms with E-state index < -0.39 is 12.7 Å². The summed E-state index contributed by atoms with van der Waals surface area (Å²) in [4.78, 5) is 19.3. The minimum atomic E-state index is -1.80. The molecular formula is C9H10BN5O3. The third-order valence-corrected chi connectivity index (χ3v) is 2.18. The largest absolute Gasteiger partial charge is 0.512 e. The van der Waals surface area contributed by atoms with Gasteiger partial charge in [-0.1, -0.05) is 0 Å². The molecule has 0 amide bonds. The third-order valence-electron chi connectivity index (χ3n) is 2.18. The summed E-state index contributed by atoms with van der Waals surface area (Å²) in [5.41, 5.74) is -0.318. The first kappa shape index (κ1) is 12.2. The number of hydrogen-bond acceptors (Lipinski definition) is 7. The second kappa shape index (κ2) is 4.94. The average molecular weight is 247 g/mol. The molecule has 18 heavy (non-hydrogen) atoms. The average Bonchev–Trinajstić information content (AvgIpc) is 2.34. The van der Waals surface area contributed by atoms with Crippen LogP contribution in [0.25, 0.3) is 0 Å². The van der Waals surface area contributed by atoms with E-state index in [1.54, 1.807) is 6.07 Å². The van der Waals surface area contributed by atoms with E-state index in [1.165, 1.54) is 25.5 Å². The summed E-state index contributed by atoms with van der Waals surface area (Å²) in [5, 5.41) is 24.8. The summed E-state index contributed by atoms with van der Waals surface area (Å²) < 4.78 is 1.01. The lowest BCUT2D eigenvalue weighted by Crippen LogP contribution is -2.40. The molecule has 0 fully saturated rings. The van der Waals surface area contributed by atoms with Crippen LogP contribution in [0.15, 0.2) is 29.3 Å². The minimum absolute atomic E-state index is 0.0791. The molecule has 0 radical (unpaired) electrons. The molecule has 8 nitrogen and oxygen atoms in total. The van der Waals surface area contributed by atoms with Crippen molar-refractivity contribution in [1.82, 2.24) is 19.7 Å². The van der Waals surface area contributed by atoms with E-state index in [9.17, 15) is 14.8 Å². The van der Waals surface area contributed by atoms with Crippen LogP contribution >= 0.6 is 0 Å². The van der Waals surface area contributed by atoms with E-state index in [-0.39, 0.29) is 17.2 Å². The maximum atomic E-state index is 11.5. The van der Waals surface area contributed by atoms with Gasteiger partial charge in [0.1, 0.15) is 5.59 Å². The van der Waals surface area contributed by atoms with E-state index in [0.29, 0.717) is 0 Å². The molecule has 0 bridgehead atoms. The van der Waals surface area contributed by atoms with Crippen LogP contribution in [-0.4, -0.2) is 36.9 Å². The molecule has 2 aromatic heterocycles. The summed E-state index contributed by atoms with van der Waals surface area (Å²) in [6.45, 7) is 0. The van der Waals surface area contributed by atoms with Crippen LogP contribution in [0.3, 0.4) is 0 Å². The Morgan fingerprint density at radius 1 is 1.33 bits per heavy atom. The van der Waals surface area contributed by atoms with Gasteiger partial charge in [-0.2, -0.15) is 5.10 Å². The van der Waals surface area contributed by atoms with E-state index in [1.807, 2.05) is 0 Å². The lowest BCUT2D eigenvalue weighted by molar-refractivity contribution is 0.422. The number of aromatic nitrogens is 4. The van der Waals surface area contributed by atoms with Crippen LogP contribution in [0.2, 0.25) is 0 Å². The first-order valence-corrected chi connectivity index (χ1v) is 5.06. The number of anilines is 2. The van der Waals surface area contributed by atoms with Gasteiger partial charge >= 0.3 is 7.12 Å². The Morgan fingerprint density at radius 3 is 2.61 bits per heavy atom. The zero-order valence-corrected chi connectivity index (χ0v) is 9.48. The molecule has 0 aliphatic heterocycles. The zero-order valence-electron chi connectivity index (χ0n) is 9.48. The molecule has 0 aliphatic rings. The molecule has 0 saturated heterocycles. The Morgan fingerprint density at radius 2 is 2.00 bits per heavy atom. The quantitative estimate of drug-likeness (QED) is 0.537. The van der Waals surface area contributed by atoms with E-state index in [4.69, 9.17) is 0 Å². The van der Waals surface area contributed by atoms with Crippen molar-refractivity contribution in [3.8, 4) is 0 Å². The van der Waals surface area contributed by atoms with E-state index in [2.05, 4.69) is 20.4 Å². The van der Waals surface area contributed by atoms with Crippen LogP contribution in [0, 0.1) is 0 Å². The summed E-state index contributed by atoms with van der Waals surface area (Å²) in [7, 11) is -0.389. The van der Waals surface area contributed by atoms with Gasteiger partial charge in [-0.25, -0.2) is 14.6 Å². The molecule has 0 aromatic carbocycles. The molecule has 2 heterocycles. The first-order chi connectivity index (χ1) is 8.58. The highest BCUT2D eigenvalue weighted by Gasteiger charge is 2.20. The van der Waals surface area contributed by atoms with Crippen molar-refractivity contribution in [1.29, 1.82) is 0 Å². The molecule has 3 N–H and O–H groups in total. The van der Waals surface area contributed by atoms with Crippen molar-refractivity contribution < 1.29 is 10.0 Å². The van der Waals surface area contributed by atoms with Gasteiger partial charge in [0.2, 0.25) is 5.95 Å². The lowest BCUT2D eigenvalue weighted by Gasteiger charge is -2.09. The summed E-state index contributed by atoms with van der Waals surface area (Å²) in [6, 6.07) is 2.83. The molecule has 92 valence electrons. The predicted molar refractivity (Wildman–Crippen MR) is 64.6 cm³/mol. The standard InChI is InChI=1S/C9H10BN5O3/c1-15-7(16)5-6(8(14-15)10(17)18)13-9-11-3-2-4-12-9/h2-5,17-18H,1H3,(H,11,12,13). The van der Waals surface area contributed by atoms with Crippen molar-refractivity contribution in [3.05, 3.63) is 34.9 Å². The van der Waals surface area contributed by atoms with Crippen LogP contribution < -0.4 is 16.5 Å². The maximum absolute atomic E-state index is 11.5. The molecule has 0 aliphatic carbocycles. The van der Waals surface area contributed by atoms with Crippen molar-refractivity contribution in [2.75, 3.05) is 5.32 Å². The SMILES string of the molecule is Cn1nc(B(O)O)c(Nc2ncccn2)cc1=O. The Hall–Kier alpha value is -2.26. The van der Waals surface area contributed by atoms with Crippen molar-refractivity contribution >= 4 is 24.3 Å². The van der Waals surface area contributed by atoms with Gasteiger partial charge in [0.25, 0.3) is 5.56 Å². The van der Waals surface area contributed by atoms with Gasteiger partial charge < -0.3 is 15.4 Å². The molecule has 9 heteroatoms. The number of hydrogen-bond donors (Lipinski definition) is 3. The van der Waals surface area contributed by atoms with Crippen LogP contribution in [0.5, 0.6) is 0 Å². The Kier molecular flexibility index (Phi) is 3.35. The van der Waals surface area contributed by atoms with Crippen LogP contribution in [0.1, 0.15) is 0 Å². The molecular weight excluding hydrogens is 237 g/mol. The highest BCUT2D eigenvalue weighted by molar-refractivity contribution is 6.59. The fourth-order valence-corrected chi connectivity index (χ4v) is 1.33. The lowest BCUT2D eigenvalue weighted by atomic mass is 9.84. The topological polar surface area (TPSA) is 113 Å². The number of rotatable bonds is 3. The normalized spacial score (nSPS) is 10.2. The summed E-state index contributed by atoms with van der Waals surface area (Å²) in [6.07, 6.45) is 3.03. The first-order valence-electron chi connectivity index (χ1n) is 5.06. The fourth-order valence-electron chi connectivity index (χ4n) is 1.33. The molecule has 0 atom stereocenters. The van der Waals surface area contributed by atoms with Crippen LogP contribution in [0.4, 0.5) is 11.6 Å². The molecule has 2 aromatic rings. The summed E-state index contributed by atoms with van der Waals surface area (Å²) in [5.74, 6) is 0.231. The monoisotopic (exact) mass is 247 g/mol. The second-order valence-electron chi connectivity index (χ2n) is 3.48. The Bertz CT molecular complexity index is 601. The van der Waals surface area contributed by atoms with Gasteiger partial charge in [0.05, 0.1) is 5.69 Å².